The molecule has 5 rings (SSSR count). The van der Waals surface area contributed by atoms with Crippen LogP contribution in [0.15, 0.2) is 4.99 Å². The van der Waals surface area contributed by atoms with Crippen molar-refractivity contribution in [2.75, 3.05) is 0 Å². The third kappa shape index (κ3) is 51.6. The largest absolute Gasteiger partial charge is 2.00 e. The molecular formula is C72H128BrLiMgN6O23. The minimum atomic E-state index is -1.06. The van der Waals surface area contributed by atoms with E-state index in [1.807, 2.05) is 41.5 Å². The first-order valence-electron chi connectivity index (χ1n) is 33.4. The maximum Gasteiger partial charge on any atom is 2.00 e. The monoisotopic (exact) mass is 1550 g/mol. The Morgan fingerprint density at radius 3 is 1.20 bits per heavy atom. The molecule has 0 spiro atoms. The number of rotatable bonds is 10. The maximum atomic E-state index is 11.9. The molecule has 9 atom stereocenters. The number of ketones is 6. The molecule has 0 saturated carbocycles. The molecule has 0 aromatic rings. The first-order valence-corrected chi connectivity index (χ1v) is 33.4. The summed E-state index contributed by atoms with van der Waals surface area (Å²) in [4.78, 5) is 166. The number of aliphatic carboxylic acids is 1. The summed E-state index contributed by atoms with van der Waals surface area (Å²) < 4.78 is 34.4. The van der Waals surface area contributed by atoms with Crippen molar-refractivity contribution in [2.24, 2.45) is 4.99 Å². The molecule has 0 unspecified atom stereocenters. The molecule has 4 fully saturated rings. The summed E-state index contributed by atoms with van der Waals surface area (Å²) in [5.41, 5.74) is -2.65. The van der Waals surface area contributed by atoms with Crippen LogP contribution in [-0.2, 0) is 71.5 Å². The molecular weight excluding hydrogens is 1430 g/mol. The van der Waals surface area contributed by atoms with E-state index in [4.69, 9.17) is 33.5 Å². The molecule has 5 aliphatic heterocycles. The van der Waals surface area contributed by atoms with Gasteiger partial charge >= 0.3 is 84.6 Å². The van der Waals surface area contributed by atoms with Gasteiger partial charge in [-0.15, -0.1) is 0 Å². The van der Waals surface area contributed by atoms with Crippen LogP contribution in [0.4, 0.5) is 28.8 Å². The van der Waals surface area contributed by atoms with Crippen molar-refractivity contribution in [3.05, 3.63) is 7.43 Å². The van der Waals surface area contributed by atoms with Gasteiger partial charge in [0.2, 0.25) is 5.91 Å². The molecule has 4 saturated heterocycles. The summed E-state index contributed by atoms with van der Waals surface area (Å²) in [5.74, 6) is -1.16. The van der Waals surface area contributed by atoms with Crippen molar-refractivity contribution in [3.63, 3.8) is 0 Å². The van der Waals surface area contributed by atoms with Gasteiger partial charge in [-0.25, -0.2) is 38.5 Å². The number of ether oxygens (including phenoxy) is 7. The number of carboxylic acids is 1. The molecule has 4 N–H and O–H groups in total. The van der Waals surface area contributed by atoms with Crippen molar-refractivity contribution < 1.29 is 147 Å². The number of imide groups is 1. The number of nitrogens with zero attached hydrogens (tertiary/aromatic N) is 4. The number of halogens is 1. The van der Waals surface area contributed by atoms with E-state index >= 15 is 0 Å². The zero-order valence-electron chi connectivity index (χ0n) is 67.5. The Hall–Kier alpha value is -5.59. The number of carboxylic acid groups (broad SMARTS) is 1. The zero-order valence-corrected chi connectivity index (χ0v) is 70.5. The Kier molecular flexibility index (Phi) is 55.9. The van der Waals surface area contributed by atoms with Crippen LogP contribution in [-0.4, -0.2) is 225 Å². The molecule has 0 aromatic carbocycles. The van der Waals surface area contributed by atoms with Gasteiger partial charge in [-0.3, -0.25) is 43.6 Å². The number of hydrogen-bond acceptors (Lipinski definition) is 24. The summed E-state index contributed by atoms with van der Waals surface area (Å²) in [6.45, 7) is 48.0. The Morgan fingerprint density at radius 2 is 0.913 bits per heavy atom. The average Bonchev–Trinajstić information content (AvgIpc) is 1.68. The Morgan fingerprint density at radius 1 is 0.529 bits per heavy atom. The van der Waals surface area contributed by atoms with Crippen molar-refractivity contribution in [1.29, 1.82) is 0 Å². The third-order valence-electron chi connectivity index (χ3n) is 14.0. The van der Waals surface area contributed by atoms with E-state index in [-0.39, 0.29) is 169 Å². The van der Waals surface area contributed by atoms with Gasteiger partial charge in [0.25, 0.3) is 0 Å². The molecule has 5 aliphatic rings. The second kappa shape index (κ2) is 50.9. The standard InChI is InChI=1S/C12H21NO4.C12H21NO3.C11H17NO4.C11H19NO4.C10H18O5.C7H13NO.C7H11NO.CH4.CH3.BrH.Li.Mg.H2O/c1-8(14)6-7-10(9(2)15)13-11(16)17-12(3,4)5;1-8-6-7-10(9(2)14)13(8)11(15)16-12(3,4)5;1-7(13)8-5-6-9(14)12(8)10(15)16-11(2,3)4;1-7-5-6-8(9(13)14)12(7)10(15)16-11(2,3)4;1-9(2,3)14-7(11)13-8(12)15-10(4,5)6;2*1-5-3-4-7(8-5)6(2)9;;;;;;/h10H,6-7H2,1-5H3,(H,13,16);8,10H,6-7H2,1-5H3;8H,5-6H2,1-4H3;7-8H,5-6H2,1-4H3,(H,13,14);1-6H3;5,7-8H,3-4H2,1-2H3;7H,3-4H2,1-2H3;1H4;1H3;1H;;;1H2/q;;;;;;;;-1;;+1;+2;/p-2/t10-;8-,10-;8-;7-,8-;;5-,7-;7-;;;;;;/m0000.00....../s1. The fraction of sp³-hybridized carbons (Fsp3) is 0.778. The normalized spacial score (nSPS) is 20.2. The molecule has 0 radical (unpaired) electrons. The Labute approximate surface area is 658 Å². The molecule has 32 heteroatoms. The van der Waals surface area contributed by atoms with Gasteiger partial charge in [-0.1, -0.05) is 7.43 Å². The van der Waals surface area contributed by atoms with Crippen molar-refractivity contribution >= 4 is 112 Å². The molecule has 594 valence electrons. The first kappa shape index (κ1) is 114. The number of carbonyl (C=O) groups excluding carboxylic acids is 13. The molecule has 5 amide bonds. The molecule has 29 nitrogen and oxygen atoms in total. The van der Waals surface area contributed by atoms with Crippen molar-refractivity contribution in [3.8, 4) is 0 Å². The third-order valence-corrected chi connectivity index (χ3v) is 14.0. The smallest absolute Gasteiger partial charge is 1.00 e. The average molecular weight is 1560 g/mol. The van der Waals surface area contributed by atoms with E-state index in [0.717, 1.165) is 49.1 Å². The van der Waals surface area contributed by atoms with Gasteiger partial charge < -0.3 is 83.6 Å². The summed E-state index contributed by atoms with van der Waals surface area (Å²) in [6, 6.07) is -1.66. The number of carbonyl (C=O) groups is 14. The van der Waals surface area contributed by atoms with Crippen LogP contribution < -0.4 is 46.5 Å². The van der Waals surface area contributed by atoms with E-state index in [9.17, 15) is 67.1 Å². The van der Waals surface area contributed by atoms with E-state index in [0.29, 0.717) is 31.7 Å². The molecule has 0 bridgehead atoms. The predicted molar refractivity (Wildman–Crippen MR) is 387 cm³/mol. The van der Waals surface area contributed by atoms with Crippen molar-refractivity contribution in [2.45, 2.75) is 366 Å². The van der Waals surface area contributed by atoms with Gasteiger partial charge in [0, 0.05) is 36.7 Å². The number of Topliss-reactive ketones (excluding diaryl/α,β-unsaturated/α-hetero) is 6. The van der Waals surface area contributed by atoms with Gasteiger partial charge in [0.1, 0.15) is 63.3 Å². The quantitative estimate of drug-likeness (QED) is 0.0659. The van der Waals surface area contributed by atoms with Crippen LogP contribution in [0.3, 0.4) is 0 Å². The first-order chi connectivity index (χ1) is 44.2. The van der Waals surface area contributed by atoms with E-state index in [1.54, 1.807) is 123 Å². The number of hydrogen-bond donors (Lipinski definition) is 3. The van der Waals surface area contributed by atoms with Crippen LogP contribution in [0.1, 0.15) is 278 Å². The fourth-order valence-corrected chi connectivity index (χ4v) is 9.53. The number of alkyl carbamates (subject to hydrolysis) is 1. The van der Waals surface area contributed by atoms with Gasteiger partial charge in [-0.2, -0.15) is 0 Å². The minimum Gasteiger partial charge on any atom is -1.00 e. The molecule has 0 aromatic heterocycles. The SMILES string of the molecule is C.CC(=O)CC[C@H](NC(=O)OC(C)(C)C)C(C)=O.CC(=O)[C@@H]1CCC(=O)N1C(=O)OC(C)(C)C.CC(=O)[C@@H]1CCC(C)=N1.CC(=O)[C@@H]1CC[C@H](C)N1.CC(=O)[C@@H]1CC[C@H](C)N1C(=O)OC(C)(C)C.CC(C)(C)OC(=O)OC(=O)OC(C)(C)C.C[C@H]1CC[C@@H](C(=O)O)N1C(=O)OC(C)(C)C.[Br-].[CH3-].[Li+].[Mg+2].[OH-]. The number of amides is 5. The summed E-state index contributed by atoms with van der Waals surface area (Å²) in [5, 5.41) is 14.7. The fourth-order valence-electron chi connectivity index (χ4n) is 9.53. The molecule has 0 aliphatic carbocycles. The van der Waals surface area contributed by atoms with Crippen LogP contribution in [0, 0.1) is 7.43 Å². The predicted octanol–water partition coefficient (Wildman–Crippen LogP) is 6.89. The number of likely N-dealkylation sites (tertiary alicyclic amines) is 3. The van der Waals surface area contributed by atoms with Gasteiger partial charge in [-0.05, 0) is 258 Å². The number of nitrogens with one attached hydrogen (secondary N) is 2. The van der Waals surface area contributed by atoms with Gasteiger partial charge in [0.05, 0.1) is 18.1 Å². The van der Waals surface area contributed by atoms with Crippen LogP contribution in [0.2, 0.25) is 0 Å². The van der Waals surface area contributed by atoms with Crippen molar-refractivity contribution in [1.82, 2.24) is 25.3 Å². The summed E-state index contributed by atoms with van der Waals surface area (Å²) in [6.07, 6.45) is 3.71. The topological polar surface area (TPSA) is 400 Å². The van der Waals surface area contributed by atoms with Crippen LogP contribution in [0.25, 0.3) is 0 Å². The maximum absolute atomic E-state index is 11.9. The van der Waals surface area contributed by atoms with Crippen LogP contribution in [0.5, 0.6) is 0 Å². The second-order valence-electron chi connectivity index (χ2n) is 30.9. The van der Waals surface area contributed by atoms with Gasteiger partial charge in [0.15, 0.2) is 23.1 Å². The second-order valence-corrected chi connectivity index (χ2v) is 30.9. The summed E-state index contributed by atoms with van der Waals surface area (Å²) >= 11 is 0. The molecule has 5 heterocycles. The Bertz CT molecular complexity index is 2710. The zero-order chi connectivity index (χ0) is 77.1. The number of aliphatic imine (C=N–C) groups is 1. The van der Waals surface area contributed by atoms with E-state index < -0.39 is 88.3 Å². The van der Waals surface area contributed by atoms with E-state index in [2.05, 4.69) is 27.3 Å². The van der Waals surface area contributed by atoms with E-state index in [1.165, 1.54) is 32.6 Å². The molecule has 104 heavy (non-hydrogen) atoms. The summed E-state index contributed by atoms with van der Waals surface area (Å²) in [7, 11) is 0. The minimum absolute atomic E-state index is 0. The van der Waals surface area contributed by atoms with Crippen LogP contribution >= 0.6 is 0 Å². The Balaban J connectivity index is -0.000000172.